The van der Waals surface area contributed by atoms with Gasteiger partial charge in [-0.15, -0.1) is 0 Å². The van der Waals surface area contributed by atoms with Crippen LogP contribution in [0.3, 0.4) is 0 Å². The minimum Gasteiger partial charge on any atom is -0.488 e. The van der Waals surface area contributed by atoms with Crippen LogP contribution in [0.25, 0.3) is 10.9 Å². The van der Waals surface area contributed by atoms with Crippen LogP contribution in [0.2, 0.25) is 0 Å². The number of benzene rings is 1. The molecule has 0 amide bonds. The number of ether oxygens (including phenoxy) is 1. The van der Waals surface area contributed by atoms with Gasteiger partial charge < -0.3 is 9.30 Å². The molecule has 0 spiro atoms. The lowest BCUT2D eigenvalue weighted by Crippen LogP contribution is -2.22. The molecule has 2 nitrogen and oxygen atoms in total. The fraction of sp³-hybridized carbons (Fsp3) is 0.385. The first-order chi connectivity index (χ1) is 6.96. The quantitative estimate of drug-likeness (QED) is 0.693. The third-order valence-corrected chi connectivity index (χ3v) is 2.28. The molecule has 0 bridgehead atoms. The Morgan fingerprint density at radius 3 is 2.53 bits per heavy atom. The lowest BCUT2D eigenvalue weighted by molar-refractivity contribution is 0.131. The average molecular weight is 203 g/mol. The fourth-order valence-electron chi connectivity index (χ4n) is 1.66. The Balaban J connectivity index is 2.42. The minimum atomic E-state index is -0.140. The van der Waals surface area contributed by atoms with Crippen LogP contribution >= 0.6 is 0 Å². The van der Waals surface area contributed by atoms with Gasteiger partial charge in [0.1, 0.15) is 11.4 Å². The molecule has 0 saturated heterocycles. The van der Waals surface area contributed by atoms with Gasteiger partial charge in [0.25, 0.3) is 0 Å². The predicted octanol–water partition coefficient (Wildman–Crippen LogP) is 3.36. The smallest absolute Gasteiger partial charge is 0.122 e. The highest BCUT2D eigenvalue weighted by molar-refractivity contribution is 5.81. The molecule has 0 unspecified atom stereocenters. The van der Waals surface area contributed by atoms with E-state index in [4.69, 9.17) is 4.74 Å². The Morgan fingerprint density at radius 1 is 1.13 bits per heavy atom. The Kier molecular flexibility index (Phi) is 2.22. The van der Waals surface area contributed by atoms with E-state index in [9.17, 15) is 0 Å². The van der Waals surface area contributed by atoms with Crippen LogP contribution in [0.5, 0.6) is 5.75 Å². The maximum absolute atomic E-state index is 5.82. The van der Waals surface area contributed by atoms with Gasteiger partial charge in [-0.1, -0.05) is 0 Å². The van der Waals surface area contributed by atoms with Gasteiger partial charge in [0.05, 0.1) is 5.52 Å². The van der Waals surface area contributed by atoms with Crippen LogP contribution in [-0.4, -0.2) is 10.2 Å². The highest BCUT2D eigenvalue weighted by Crippen LogP contribution is 2.24. The van der Waals surface area contributed by atoms with Gasteiger partial charge in [0.2, 0.25) is 0 Å². The van der Waals surface area contributed by atoms with Gasteiger partial charge in [-0.25, -0.2) is 0 Å². The Bertz CT molecular complexity index is 477. The van der Waals surface area contributed by atoms with E-state index in [0.717, 1.165) is 5.75 Å². The fourth-order valence-corrected chi connectivity index (χ4v) is 1.66. The first kappa shape index (κ1) is 10.1. The highest BCUT2D eigenvalue weighted by Gasteiger charge is 2.12. The van der Waals surface area contributed by atoms with Gasteiger partial charge in [-0.05, 0) is 44.4 Å². The molecule has 0 N–H and O–H groups in total. The maximum atomic E-state index is 5.82. The van der Waals surface area contributed by atoms with E-state index in [0.29, 0.717) is 0 Å². The molecule has 2 aromatic rings. The van der Waals surface area contributed by atoms with Crippen LogP contribution in [0.1, 0.15) is 20.8 Å². The van der Waals surface area contributed by atoms with Crippen molar-refractivity contribution in [2.75, 3.05) is 0 Å². The van der Waals surface area contributed by atoms with Crippen LogP contribution in [0, 0.1) is 0 Å². The molecule has 2 heteroatoms. The summed E-state index contributed by atoms with van der Waals surface area (Å²) in [7, 11) is 2.04. The molecule has 2 rings (SSSR count). The van der Waals surface area contributed by atoms with E-state index >= 15 is 0 Å². The summed E-state index contributed by atoms with van der Waals surface area (Å²) in [4.78, 5) is 0. The molecule has 0 aliphatic carbocycles. The average Bonchev–Trinajstić information content (AvgIpc) is 2.45. The summed E-state index contributed by atoms with van der Waals surface area (Å²) in [5.74, 6) is 0.928. The van der Waals surface area contributed by atoms with Crippen molar-refractivity contribution in [3.8, 4) is 5.75 Å². The standard InChI is InChI=1S/C13H17NO/c1-13(2,3)15-11-6-5-10-7-8-14(4)12(10)9-11/h5-9H,1-4H3. The molecule has 1 aromatic heterocycles. The summed E-state index contributed by atoms with van der Waals surface area (Å²) in [6, 6.07) is 8.31. The molecular formula is C13H17NO. The van der Waals surface area contributed by atoms with Crippen molar-refractivity contribution in [3.63, 3.8) is 0 Å². The van der Waals surface area contributed by atoms with Gasteiger partial charge in [0.15, 0.2) is 0 Å². The molecule has 1 heterocycles. The van der Waals surface area contributed by atoms with Crippen LogP contribution in [0.4, 0.5) is 0 Å². The Morgan fingerprint density at radius 2 is 1.87 bits per heavy atom. The zero-order valence-corrected chi connectivity index (χ0v) is 9.74. The lowest BCUT2D eigenvalue weighted by Gasteiger charge is -2.21. The SMILES string of the molecule is Cn1ccc2ccc(OC(C)(C)C)cc21. The summed E-state index contributed by atoms with van der Waals surface area (Å²) in [6.07, 6.45) is 2.06. The summed E-state index contributed by atoms with van der Waals surface area (Å²) >= 11 is 0. The monoisotopic (exact) mass is 203 g/mol. The van der Waals surface area contributed by atoms with Crippen molar-refractivity contribution in [1.82, 2.24) is 4.57 Å². The molecule has 0 radical (unpaired) electrons. The summed E-state index contributed by atoms with van der Waals surface area (Å²) in [6.45, 7) is 6.17. The first-order valence-corrected chi connectivity index (χ1v) is 5.20. The zero-order chi connectivity index (χ0) is 11.1. The van der Waals surface area contributed by atoms with Gasteiger partial charge in [-0.3, -0.25) is 0 Å². The Labute approximate surface area is 90.5 Å². The predicted molar refractivity (Wildman–Crippen MR) is 63.3 cm³/mol. The van der Waals surface area contributed by atoms with Crippen molar-refractivity contribution in [2.45, 2.75) is 26.4 Å². The number of fused-ring (bicyclic) bond motifs is 1. The summed E-state index contributed by atoms with van der Waals surface area (Å²) in [5.41, 5.74) is 1.07. The second-order valence-electron chi connectivity index (χ2n) is 4.86. The molecule has 80 valence electrons. The van der Waals surface area contributed by atoms with Gasteiger partial charge in [-0.2, -0.15) is 0 Å². The van der Waals surface area contributed by atoms with Crippen LogP contribution in [0.15, 0.2) is 30.5 Å². The number of aryl methyl sites for hydroxylation is 1. The third kappa shape index (κ3) is 2.14. The minimum absolute atomic E-state index is 0.140. The van der Waals surface area contributed by atoms with E-state index in [-0.39, 0.29) is 5.60 Å². The van der Waals surface area contributed by atoms with E-state index in [2.05, 4.69) is 49.7 Å². The van der Waals surface area contributed by atoms with Gasteiger partial charge in [0, 0.05) is 19.3 Å². The number of hydrogen-bond donors (Lipinski definition) is 0. The number of hydrogen-bond acceptors (Lipinski definition) is 1. The third-order valence-electron chi connectivity index (χ3n) is 2.28. The van der Waals surface area contributed by atoms with Gasteiger partial charge >= 0.3 is 0 Å². The number of nitrogens with zero attached hydrogens (tertiary/aromatic N) is 1. The molecule has 15 heavy (non-hydrogen) atoms. The van der Waals surface area contributed by atoms with Crippen molar-refractivity contribution in [1.29, 1.82) is 0 Å². The molecule has 0 saturated carbocycles. The number of aromatic nitrogens is 1. The molecule has 1 aromatic carbocycles. The zero-order valence-electron chi connectivity index (χ0n) is 9.74. The molecule has 0 fully saturated rings. The second-order valence-corrected chi connectivity index (χ2v) is 4.86. The van der Waals surface area contributed by atoms with E-state index in [1.165, 1.54) is 10.9 Å². The van der Waals surface area contributed by atoms with Crippen LogP contribution in [-0.2, 0) is 7.05 Å². The van der Waals surface area contributed by atoms with Crippen molar-refractivity contribution in [2.24, 2.45) is 7.05 Å². The lowest BCUT2D eigenvalue weighted by atomic mass is 10.2. The molecule has 0 atom stereocenters. The summed E-state index contributed by atoms with van der Waals surface area (Å²) in [5, 5.41) is 1.25. The number of rotatable bonds is 1. The highest BCUT2D eigenvalue weighted by atomic mass is 16.5. The molecule has 0 aliphatic rings. The first-order valence-electron chi connectivity index (χ1n) is 5.20. The molecule has 0 aliphatic heterocycles. The van der Waals surface area contributed by atoms with Crippen LogP contribution < -0.4 is 4.74 Å². The van der Waals surface area contributed by atoms with E-state index in [1.54, 1.807) is 0 Å². The largest absolute Gasteiger partial charge is 0.488 e. The normalized spacial score (nSPS) is 12.0. The second kappa shape index (κ2) is 3.30. The topological polar surface area (TPSA) is 14.2 Å². The Hall–Kier alpha value is -1.44. The van der Waals surface area contributed by atoms with Crippen molar-refractivity contribution in [3.05, 3.63) is 30.5 Å². The van der Waals surface area contributed by atoms with E-state index in [1.807, 2.05) is 13.1 Å². The summed E-state index contributed by atoms with van der Waals surface area (Å²) < 4.78 is 7.92. The maximum Gasteiger partial charge on any atom is 0.122 e. The van der Waals surface area contributed by atoms with Crippen molar-refractivity contribution >= 4 is 10.9 Å². The molecular weight excluding hydrogens is 186 g/mol. The van der Waals surface area contributed by atoms with Crippen molar-refractivity contribution < 1.29 is 4.74 Å². The van der Waals surface area contributed by atoms with E-state index < -0.39 is 0 Å².